The van der Waals surface area contributed by atoms with Gasteiger partial charge in [-0.2, -0.15) is 13.2 Å². The van der Waals surface area contributed by atoms with Crippen LogP contribution < -0.4 is 5.32 Å². The fraction of sp³-hybridized carbons (Fsp3) is 0.389. The van der Waals surface area contributed by atoms with E-state index in [-0.39, 0.29) is 10.9 Å². The average molecular weight is 399 g/mol. The summed E-state index contributed by atoms with van der Waals surface area (Å²) >= 11 is 1.12. The first-order valence-corrected chi connectivity index (χ1v) is 9.16. The van der Waals surface area contributed by atoms with E-state index >= 15 is 0 Å². The second-order valence-electron chi connectivity index (χ2n) is 6.56. The molecule has 146 valence electrons. The topological polar surface area (TPSA) is 64.1 Å². The Morgan fingerprint density at radius 2 is 1.89 bits per heavy atom. The minimum absolute atomic E-state index is 0.0489. The molecule has 0 saturated heterocycles. The standard InChI is InChI=1S/C18H20F3N3O2S/c1-5-27-15-23-13(10-14(24-15)18(19,20)21)11-7-6-8-12(9-11)22-16(25)26-17(2,3)4/h6-10H,5H2,1-4H3,(H,22,25). The van der Waals surface area contributed by atoms with E-state index in [0.717, 1.165) is 17.8 Å². The van der Waals surface area contributed by atoms with Crippen molar-refractivity contribution < 1.29 is 22.7 Å². The third-order valence-electron chi connectivity index (χ3n) is 3.07. The molecule has 0 saturated carbocycles. The number of carbonyl (C=O) groups excluding carboxylic acids is 1. The lowest BCUT2D eigenvalue weighted by molar-refractivity contribution is -0.141. The van der Waals surface area contributed by atoms with Crippen molar-refractivity contribution in [3.05, 3.63) is 36.0 Å². The molecule has 0 unspecified atom stereocenters. The molecular formula is C18H20F3N3O2S. The molecule has 0 radical (unpaired) electrons. The average Bonchev–Trinajstić information content (AvgIpc) is 2.52. The van der Waals surface area contributed by atoms with Crippen LogP contribution in [0.3, 0.4) is 0 Å². The predicted molar refractivity (Wildman–Crippen MR) is 98.7 cm³/mol. The van der Waals surface area contributed by atoms with Gasteiger partial charge in [0.05, 0.1) is 5.69 Å². The van der Waals surface area contributed by atoms with Gasteiger partial charge in [-0.25, -0.2) is 14.8 Å². The molecule has 0 aliphatic carbocycles. The number of carbonyl (C=O) groups is 1. The number of benzene rings is 1. The molecule has 2 rings (SSSR count). The van der Waals surface area contributed by atoms with Crippen molar-refractivity contribution in [2.24, 2.45) is 0 Å². The molecule has 1 aromatic heterocycles. The zero-order chi connectivity index (χ0) is 20.2. The summed E-state index contributed by atoms with van der Waals surface area (Å²) in [6.07, 6.45) is -5.23. The molecule has 27 heavy (non-hydrogen) atoms. The normalized spacial score (nSPS) is 12.0. The van der Waals surface area contributed by atoms with Gasteiger partial charge in [-0.05, 0) is 44.7 Å². The Bertz CT molecular complexity index is 820. The summed E-state index contributed by atoms with van der Waals surface area (Å²) in [5, 5.41) is 2.61. The van der Waals surface area contributed by atoms with Gasteiger partial charge in [0.1, 0.15) is 11.3 Å². The van der Waals surface area contributed by atoms with E-state index in [1.807, 2.05) is 0 Å². The van der Waals surface area contributed by atoms with E-state index < -0.39 is 23.6 Å². The van der Waals surface area contributed by atoms with Crippen molar-refractivity contribution in [2.45, 2.75) is 44.6 Å². The van der Waals surface area contributed by atoms with Crippen LogP contribution in [0, 0.1) is 0 Å². The van der Waals surface area contributed by atoms with E-state index in [0.29, 0.717) is 17.0 Å². The minimum Gasteiger partial charge on any atom is -0.444 e. The summed E-state index contributed by atoms with van der Waals surface area (Å²) in [7, 11) is 0. The fourth-order valence-electron chi connectivity index (χ4n) is 2.09. The molecule has 1 N–H and O–H groups in total. The number of halogens is 3. The molecule has 1 amide bonds. The molecule has 0 atom stereocenters. The summed E-state index contributed by atoms with van der Waals surface area (Å²) in [4.78, 5) is 19.7. The van der Waals surface area contributed by atoms with Gasteiger partial charge >= 0.3 is 12.3 Å². The van der Waals surface area contributed by atoms with Crippen LogP contribution in [0.5, 0.6) is 0 Å². The number of nitrogens with one attached hydrogen (secondary N) is 1. The third kappa shape index (κ3) is 6.42. The van der Waals surface area contributed by atoms with Gasteiger partial charge in [0.2, 0.25) is 0 Å². The van der Waals surface area contributed by atoms with Gasteiger partial charge in [0.25, 0.3) is 0 Å². The van der Waals surface area contributed by atoms with Gasteiger partial charge in [-0.15, -0.1) is 0 Å². The number of aromatic nitrogens is 2. The number of nitrogens with zero attached hydrogens (tertiary/aromatic N) is 2. The fourth-order valence-corrected chi connectivity index (χ4v) is 2.67. The van der Waals surface area contributed by atoms with Gasteiger partial charge in [-0.1, -0.05) is 30.8 Å². The smallest absolute Gasteiger partial charge is 0.433 e. The van der Waals surface area contributed by atoms with Gasteiger partial charge in [0, 0.05) is 11.3 Å². The Hall–Kier alpha value is -2.29. The number of rotatable bonds is 4. The molecule has 1 heterocycles. The summed E-state index contributed by atoms with van der Waals surface area (Å²) in [5.74, 6) is 0.543. The van der Waals surface area contributed by atoms with Crippen LogP contribution in [0.15, 0.2) is 35.5 Å². The molecular weight excluding hydrogens is 379 g/mol. The van der Waals surface area contributed by atoms with Crippen molar-refractivity contribution in [1.82, 2.24) is 9.97 Å². The highest BCUT2D eigenvalue weighted by molar-refractivity contribution is 7.99. The van der Waals surface area contributed by atoms with Crippen molar-refractivity contribution in [3.63, 3.8) is 0 Å². The summed E-state index contributed by atoms with van der Waals surface area (Å²) in [5.41, 5.74) is -0.731. The minimum atomic E-state index is -4.58. The molecule has 9 heteroatoms. The van der Waals surface area contributed by atoms with E-state index in [2.05, 4.69) is 15.3 Å². The first kappa shape index (κ1) is 21.0. The zero-order valence-corrected chi connectivity index (χ0v) is 16.2. The second kappa shape index (κ2) is 8.16. The van der Waals surface area contributed by atoms with Crippen LogP contribution >= 0.6 is 11.8 Å². The Kier molecular flexibility index (Phi) is 6.35. The lowest BCUT2D eigenvalue weighted by atomic mass is 10.1. The third-order valence-corrected chi connectivity index (χ3v) is 3.80. The molecule has 0 aliphatic heterocycles. The van der Waals surface area contributed by atoms with Crippen LogP contribution in [-0.2, 0) is 10.9 Å². The van der Waals surface area contributed by atoms with Crippen molar-refractivity contribution >= 4 is 23.5 Å². The van der Waals surface area contributed by atoms with Gasteiger partial charge < -0.3 is 4.74 Å². The molecule has 0 spiro atoms. The summed E-state index contributed by atoms with van der Waals surface area (Å²) < 4.78 is 44.6. The molecule has 2 aromatic rings. The SMILES string of the molecule is CCSc1nc(-c2cccc(NC(=O)OC(C)(C)C)c2)cc(C(F)(F)F)n1. The van der Waals surface area contributed by atoms with Crippen molar-refractivity contribution in [3.8, 4) is 11.3 Å². The van der Waals surface area contributed by atoms with E-state index in [1.165, 1.54) is 6.07 Å². The lowest BCUT2D eigenvalue weighted by Crippen LogP contribution is -2.27. The number of ether oxygens (including phenoxy) is 1. The van der Waals surface area contributed by atoms with Crippen molar-refractivity contribution in [2.75, 3.05) is 11.1 Å². The number of thioether (sulfide) groups is 1. The number of anilines is 1. The van der Waals surface area contributed by atoms with Gasteiger partial charge in [-0.3, -0.25) is 5.32 Å². The highest BCUT2D eigenvalue weighted by Gasteiger charge is 2.33. The summed E-state index contributed by atoms with van der Waals surface area (Å²) in [6, 6.07) is 7.27. The maximum absolute atomic E-state index is 13.1. The molecule has 0 bridgehead atoms. The maximum atomic E-state index is 13.1. The van der Waals surface area contributed by atoms with Crippen molar-refractivity contribution in [1.29, 1.82) is 0 Å². The van der Waals surface area contributed by atoms with Crippen LogP contribution in [0.1, 0.15) is 33.4 Å². The van der Waals surface area contributed by atoms with Crippen LogP contribution in [0.25, 0.3) is 11.3 Å². The van der Waals surface area contributed by atoms with Gasteiger partial charge in [0.15, 0.2) is 5.16 Å². The first-order valence-electron chi connectivity index (χ1n) is 8.17. The number of hydrogen-bond donors (Lipinski definition) is 1. The monoisotopic (exact) mass is 399 g/mol. The molecule has 5 nitrogen and oxygen atoms in total. The molecule has 0 fully saturated rings. The Labute approximate surface area is 159 Å². The van der Waals surface area contributed by atoms with Crippen LogP contribution in [0.4, 0.5) is 23.7 Å². The zero-order valence-electron chi connectivity index (χ0n) is 15.3. The van der Waals surface area contributed by atoms with E-state index in [1.54, 1.807) is 45.9 Å². The predicted octanol–water partition coefficient (Wildman–Crippen LogP) is 5.62. The first-order chi connectivity index (χ1) is 12.5. The largest absolute Gasteiger partial charge is 0.444 e. The quantitative estimate of drug-likeness (QED) is 0.534. The number of hydrogen-bond acceptors (Lipinski definition) is 5. The molecule has 1 aromatic carbocycles. The van der Waals surface area contributed by atoms with E-state index in [9.17, 15) is 18.0 Å². The summed E-state index contributed by atoms with van der Waals surface area (Å²) in [6.45, 7) is 7.00. The van der Waals surface area contributed by atoms with Crippen LogP contribution in [0.2, 0.25) is 0 Å². The highest BCUT2D eigenvalue weighted by atomic mass is 32.2. The Morgan fingerprint density at radius 3 is 2.48 bits per heavy atom. The maximum Gasteiger partial charge on any atom is 0.433 e. The highest BCUT2D eigenvalue weighted by Crippen LogP contribution is 2.32. The van der Waals surface area contributed by atoms with Crippen LogP contribution in [-0.4, -0.2) is 27.4 Å². The second-order valence-corrected chi connectivity index (χ2v) is 7.79. The number of alkyl halides is 3. The molecule has 0 aliphatic rings. The Morgan fingerprint density at radius 1 is 1.19 bits per heavy atom. The Balaban J connectivity index is 2.35. The number of amides is 1. The van der Waals surface area contributed by atoms with E-state index in [4.69, 9.17) is 4.74 Å². The lowest BCUT2D eigenvalue weighted by Gasteiger charge is -2.19.